The molecule has 2 N–H and O–H groups in total. The van der Waals surface area contributed by atoms with Crippen LogP contribution < -0.4 is 19.5 Å². The minimum Gasteiger partial charge on any atom is -0.497 e. The molecule has 51 heavy (non-hydrogen) atoms. The first-order chi connectivity index (χ1) is 25.0. The van der Waals surface area contributed by atoms with Crippen molar-refractivity contribution in [1.29, 1.82) is 0 Å². The first-order valence-corrected chi connectivity index (χ1v) is 16.3. The molecule has 0 unspecified atom stereocenters. The molecule has 1 aliphatic heterocycles. The number of aliphatic hydroxyl groups excluding tert-OH is 1. The fraction of sp³-hybridized carbons (Fsp3) is 0.297. The number of aliphatic imine (C=N–C) groups is 1. The highest BCUT2D eigenvalue weighted by molar-refractivity contribution is 6.01. The van der Waals surface area contributed by atoms with Crippen molar-refractivity contribution in [2.75, 3.05) is 34.0 Å². The second kappa shape index (κ2) is 17.5. The van der Waals surface area contributed by atoms with Gasteiger partial charge in [-0.05, 0) is 82.2 Å². The smallest absolute Gasteiger partial charge is 0.252 e. The molecule has 1 amide bonds. The quantitative estimate of drug-likeness (QED) is 0.0514. The van der Waals surface area contributed by atoms with Crippen molar-refractivity contribution in [3.8, 4) is 17.2 Å². The number of nitrogens with zero attached hydrogens (tertiary/aromatic N) is 7. The number of carbonyl (C=O) groups excluding carboxylic acids is 1. The number of carbonyl (C=O) groups is 1. The summed E-state index contributed by atoms with van der Waals surface area (Å²) in [5, 5.41) is 19.9. The van der Waals surface area contributed by atoms with Gasteiger partial charge < -0.3 is 29.4 Å². The summed E-state index contributed by atoms with van der Waals surface area (Å²) in [5.74, 6) is 1.70. The summed E-state index contributed by atoms with van der Waals surface area (Å²) >= 11 is 0. The summed E-state index contributed by atoms with van der Waals surface area (Å²) in [4.78, 5) is 25.9. The van der Waals surface area contributed by atoms with Gasteiger partial charge in [0.25, 0.3) is 5.91 Å². The molecule has 4 aromatic rings. The zero-order valence-corrected chi connectivity index (χ0v) is 28.3. The molecular formula is C37H38N8O6. The molecule has 5 rings (SSSR count). The lowest BCUT2D eigenvalue weighted by molar-refractivity contribution is -0.128. The third-order valence-electron chi connectivity index (χ3n) is 8.44. The van der Waals surface area contributed by atoms with Gasteiger partial charge in [0.2, 0.25) is 5.90 Å². The van der Waals surface area contributed by atoms with Crippen LogP contribution in [-0.4, -0.2) is 56.4 Å². The lowest BCUT2D eigenvalue weighted by atomic mass is 9.80. The zero-order chi connectivity index (χ0) is 36.1. The number of hydrogen-bond acceptors (Lipinski definition) is 9. The summed E-state index contributed by atoms with van der Waals surface area (Å²) in [6.07, 6.45) is -0.0644. The first kappa shape index (κ1) is 36.1. The van der Waals surface area contributed by atoms with E-state index in [-0.39, 0.29) is 32.0 Å². The van der Waals surface area contributed by atoms with E-state index in [0.717, 1.165) is 5.56 Å². The summed E-state index contributed by atoms with van der Waals surface area (Å²) in [7, 11) is 3.16. The van der Waals surface area contributed by atoms with Crippen molar-refractivity contribution in [1.82, 2.24) is 5.32 Å². The van der Waals surface area contributed by atoms with Crippen LogP contribution in [0.1, 0.15) is 40.3 Å². The fourth-order valence-electron chi connectivity index (χ4n) is 5.94. The summed E-state index contributed by atoms with van der Waals surface area (Å²) in [5.41, 5.74) is 20.5. The minimum absolute atomic E-state index is 0.00286. The number of benzene rings is 4. The van der Waals surface area contributed by atoms with Gasteiger partial charge in [0.1, 0.15) is 17.2 Å². The third-order valence-corrected chi connectivity index (χ3v) is 8.44. The molecule has 0 bridgehead atoms. The number of nitrogens with one attached hydrogen (secondary N) is 1. The maximum Gasteiger partial charge on any atom is 0.252 e. The maximum atomic E-state index is 14.8. The van der Waals surface area contributed by atoms with E-state index in [9.17, 15) is 10.3 Å². The van der Waals surface area contributed by atoms with Crippen LogP contribution in [0.25, 0.3) is 20.9 Å². The van der Waals surface area contributed by atoms with E-state index in [0.29, 0.717) is 64.6 Å². The molecule has 2 atom stereocenters. The molecule has 0 aromatic heterocycles. The highest BCUT2D eigenvalue weighted by atomic mass is 16.5. The number of amides is 1. The number of azide groups is 2. The molecule has 0 aliphatic carbocycles. The van der Waals surface area contributed by atoms with Gasteiger partial charge in [-0.2, -0.15) is 0 Å². The van der Waals surface area contributed by atoms with E-state index in [2.05, 4.69) is 25.4 Å². The lowest BCUT2D eigenvalue weighted by Crippen LogP contribution is -2.50. The van der Waals surface area contributed by atoms with E-state index in [1.54, 1.807) is 68.8 Å². The Kier molecular flexibility index (Phi) is 12.4. The molecule has 0 spiro atoms. The average Bonchev–Trinajstić information content (AvgIpc) is 3.55. The summed E-state index contributed by atoms with van der Waals surface area (Å²) in [6, 6.07) is 26.9. The van der Waals surface area contributed by atoms with Gasteiger partial charge in [-0.3, -0.25) is 4.79 Å². The lowest BCUT2D eigenvalue weighted by Gasteiger charge is -2.32. The van der Waals surface area contributed by atoms with Crippen LogP contribution in [0.5, 0.6) is 17.2 Å². The van der Waals surface area contributed by atoms with Crippen LogP contribution in [0.2, 0.25) is 0 Å². The second-order valence-corrected chi connectivity index (χ2v) is 11.6. The highest BCUT2D eigenvalue weighted by Crippen LogP contribution is 2.45. The molecule has 0 fully saturated rings. The van der Waals surface area contributed by atoms with E-state index in [1.807, 2.05) is 36.4 Å². The zero-order valence-electron chi connectivity index (χ0n) is 28.3. The van der Waals surface area contributed by atoms with Crippen LogP contribution in [0.4, 0.5) is 5.69 Å². The van der Waals surface area contributed by atoms with E-state index < -0.39 is 17.6 Å². The average molecular weight is 691 g/mol. The third kappa shape index (κ3) is 8.52. The Hall–Kier alpha value is -6.20. The Morgan fingerprint density at radius 3 is 2.41 bits per heavy atom. The van der Waals surface area contributed by atoms with Gasteiger partial charge in [0.15, 0.2) is 11.6 Å². The Bertz CT molecular complexity index is 1960. The normalized spacial score (nSPS) is 16.1. The number of hydrogen-bond donors (Lipinski definition) is 2. The van der Waals surface area contributed by atoms with Crippen LogP contribution >= 0.6 is 0 Å². The topological polar surface area (TPSA) is 196 Å². The number of methoxy groups -OCH3 is 2. The molecule has 14 nitrogen and oxygen atoms in total. The van der Waals surface area contributed by atoms with Crippen molar-refractivity contribution < 1.29 is 28.8 Å². The number of ether oxygens (including phenoxy) is 4. The van der Waals surface area contributed by atoms with E-state index in [4.69, 9.17) is 34.6 Å². The second-order valence-electron chi connectivity index (χ2n) is 11.6. The maximum absolute atomic E-state index is 14.8. The Labute approximate surface area is 294 Å². The van der Waals surface area contributed by atoms with E-state index >= 15 is 0 Å². The SMILES string of the molecule is COc1ccc(OC)c(CCNC(=O)[C@]2(Cc3ccccc3N=[N+]=[N-])N=C(c3ccc(OCCCO)cc3)O[C@@H]2c2ccccc2CN=[N+]=[N-])c1. The van der Waals surface area contributed by atoms with Gasteiger partial charge >= 0.3 is 0 Å². The number of aliphatic hydroxyl groups is 1. The molecule has 14 heteroatoms. The molecule has 4 aromatic carbocycles. The molecule has 262 valence electrons. The fourth-order valence-corrected chi connectivity index (χ4v) is 5.94. The predicted molar refractivity (Wildman–Crippen MR) is 191 cm³/mol. The van der Waals surface area contributed by atoms with Crippen LogP contribution in [-0.2, 0) is 28.9 Å². The molecule has 1 heterocycles. The van der Waals surface area contributed by atoms with Crippen molar-refractivity contribution in [2.45, 2.75) is 37.5 Å². The highest BCUT2D eigenvalue weighted by Gasteiger charge is 2.54. The van der Waals surface area contributed by atoms with Gasteiger partial charge in [-0.1, -0.05) is 58.8 Å². The summed E-state index contributed by atoms with van der Waals surface area (Å²) in [6.45, 7) is 0.614. The van der Waals surface area contributed by atoms with Crippen molar-refractivity contribution in [2.24, 2.45) is 15.2 Å². The van der Waals surface area contributed by atoms with Gasteiger partial charge in [0.05, 0.1) is 27.4 Å². The molecule has 0 radical (unpaired) electrons. The predicted octanol–water partition coefficient (Wildman–Crippen LogP) is 7.08. The largest absolute Gasteiger partial charge is 0.497 e. The Morgan fingerprint density at radius 1 is 0.941 bits per heavy atom. The van der Waals surface area contributed by atoms with Crippen LogP contribution in [0, 0.1) is 0 Å². The van der Waals surface area contributed by atoms with Crippen LogP contribution in [0.3, 0.4) is 0 Å². The molecular weight excluding hydrogens is 652 g/mol. The van der Waals surface area contributed by atoms with Crippen LogP contribution in [0.15, 0.2) is 106 Å². The Balaban J connectivity index is 1.61. The Morgan fingerprint density at radius 2 is 1.69 bits per heavy atom. The van der Waals surface area contributed by atoms with Gasteiger partial charge in [-0.25, -0.2) is 4.99 Å². The standard InChI is InChI=1S/C37H38N8O6/c1-48-30-16-17-33(49-2)26(22-30)18-19-40-36(47)37(23-27-8-4-6-11-32(27)43-45-39)34(31-10-5-3-9-28(31)24-41-44-38)51-35(42-37)25-12-14-29(15-13-25)50-21-7-20-46/h3-6,8-17,22,34,46H,7,18-21,23-24H2,1-2H3,(H,40,47)/t34-,37-/m1/s1. The monoisotopic (exact) mass is 690 g/mol. The summed E-state index contributed by atoms with van der Waals surface area (Å²) < 4.78 is 23.3. The molecule has 0 saturated carbocycles. The molecule has 0 saturated heterocycles. The minimum atomic E-state index is -1.61. The molecule has 1 aliphatic rings. The van der Waals surface area contributed by atoms with Gasteiger partial charge in [-0.15, -0.1) is 0 Å². The van der Waals surface area contributed by atoms with Crippen molar-refractivity contribution in [3.63, 3.8) is 0 Å². The van der Waals surface area contributed by atoms with E-state index in [1.165, 1.54) is 0 Å². The van der Waals surface area contributed by atoms with Gasteiger partial charge in [0, 0.05) is 47.1 Å². The first-order valence-electron chi connectivity index (χ1n) is 16.3. The van der Waals surface area contributed by atoms with Crippen molar-refractivity contribution in [3.05, 3.63) is 140 Å². The number of rotatable bonds is 17. The van der Waals surface area contributed by atoms with Crippen molar-refractivity contribution >= 4 is 17.5 Å².